The van der Waals surface area contributed by atoms with Crippen LogP contribution in [0.25, 0.3) is 0 Å². The molecule has 2 heteroatoms. The highest BCUT2D eigenvalue weighted by molar-refractivity contribution is 5.16. The van der Waals surface area contributed by atoms with Crippen LogP contribution in [0.3, 0.4) is 0 Å². The summed E-state index contributed by atoms with van der Waals surface area (Å²) in [5, 5.41) is 0. The molecule has 4 atom stereocenters. The first-order valence-corrected chi connectivity index (χ1v) is 10.2. The van der Waals surface area contributed by atoms with Crippen molar-refractivity contribution in [2.75, 3.05) is 26.2 Å². The molecule has 0 radical (unpaired) electrons. The van der Waals surface area contributed by atoms with E-state index >= 15 is 0 Å². The van der Waals surface area contributed by atoms with Crippen LogP contribution < -0.4 is 0 Å². The zero-order chi connectivity index (χ0) is 17.4. The molecule has 2 saturated heterocycles. The zero-order valence-corrected chi connectivity index (χ0v) is 17.2. The Balaban J connectivity index is 0.000000174. The molecular formula is C21H42N2. The van der Waals surface area contributed by atoms with Crippen LogP contribution in [-0.2, 0) is 0 Å². The first kappa shape index (κ1) is 19.2. The summed E-state index contributed by atoms with van der Waals surface area (Å²) in [5.74, 6) is 2.82. The first-order valence-electron chi connectivity index (χ1n) is 10.2. The van der Waals surface area contributed by atoms with E-state index in [1.165, 1.54) is 45.4 Å². The summed E-state index contributed by atoms with van der Waals surface area (Å²) in [5.41, 5.74) is 1.19. The number of rotatable bonds is 4. The Bertz CT molecular complexity index is 389. The maximum Gasteiger partial charge on any atom is 0.0179 e. The summed E-state index contributed by atoms with van der Waals surface area (Å²) < 4.78 is 0. The van der Waals surface area contributed by atoms with Gasteiger partial charge in [0, 0.05) is 18.1 Å². The van der Waals surface area contributed by atoms with Gasteiger partial charge in [0.15, 0.2) is 0 Å². The molecule has 0 aromatic rings. The van der Waals surface area contributed by atoms with Crippen LogP contribution in [0.15, 0.2) is 0 Å². The first-order chi connectivity index (χ1) is 10.7. The maximum absolute atomic E-state index is 2.69. The molecule has 0 amide bonds. The minimum absolute atomic E-state index is 0.536. The molecule has 3 rings (SSSR count). The lowest BCUT2D eigenvalue weighted by Gasteiger charge is -2.33. The Labute approximate surface area is 146 Å². The second-order valence-corrected chi connectivity index (χ2v) is 9.31. The molecule has 136 valence electrons. The summed E-state index contributed by atoms with van der Waals surface area (Å²) >= 11 is 0. The minimum Gasteiger partial charge on any atom is -0.300 e. The average Bonchev–Trinajstić information content (AvgIpc) is 2.92. The zero-order valence-electron chi connectivity index (χ0n) is 17.2. The summed E-state index contributed by atoms with van der Waals surface area (Å²) in [6, 6.07) is 0.866. The molecule has 23 heavy (non-hydrogen) atoms. The SMILES string of the molecule is CCN1CC2C(C1C(C)C)C2(C)C.CCN1CCCC1(C)CC. The van der Waals surface area contributed by atoms with Gasteiger partial charge in [-0.15, -0.1) is 0 Å². The van der Waals surface area contributed by atoms with Gasteiger partial charge in [0.05, 0.1) is 0 Å². The number of hydrogen-bond acceptors (Lipinski definition) is 2. The fourth-order valence-corrected chi connectivity index (χ4v) is 5.61. The van der Waals surface area contributed by atoms with Gasteiger partial charge in [-0.2, -0.15) is 0 Å². The van der Waals surface area contributed by atoms with Crippen LogP contribution >= 0.6 is 0 Å². The predicted molar refractivity (Wildman–Crippen MR) is 102 cm³/mol. The van der Waals surface area contributed by atoms with Crippen molar-refractivity contribution in [3.8, 4) is 0 Å². The van der Waals surface area contributed by atoms with Crippen LogP contribution in [0.4, 0.5) is 0 Å². The van der Waals surface area contributed by atoms with Crippen molar-refractivity contribution in [1.82, 2.24) is 9.80 Å². The van der Waals surface area contributed by atoms with Crippen molar-refractivity contribution in [1.29, 1.82) is 0 Å². The van der Waals surface area contributed by atoms with Crippen LogP contribution in [0.5, 0.6) is 0 Å². The molecule has 4 unspecified atom stereocenters. The summed E-state index contributed by atoms with van der Waals surface area (Å²) in [4.78, 5) is 5.29. The lowest BCUT2D eigenvalue weighted by atomic mass is 9.93. The maximum atomic E-state index is 2.69. The summed E-state index contributed by atoms with van der Waals surface area (Å²) in [6.45, 7) is 24.1. The molecule has 0 spiro atoms. The van der Waals surface area contributed by atoms with Crippen LogP contribution in [0.2, 0.25) is 0 Å². The highest BCUT2D eigenvalue weighted by Gasteiger charge is 2.66. The third kappa shape index (κ3) is 3.49. The number of likely N-dealkylation sites (tertiary alicyclic amines) is 2. The van der Waals surface area contributed by atoms with Gasteiger partial charge in [-0.1, -0.05) is 48.5 Å². The Morgan fingerprint density at radius 1 is 1.04 bits per heavy atom. The van der Waals surface area contributed by atoms with E-state index in [9.17, 15) is 0 Å². The number of fused-ring (bicyclic) bond motifs is 1. The normalized spacial score (nSPS) is 39.3. The lowest BCUT2D eigenvalue weighted by molar-refractivity contribution is 0.151. The summed E-state index contributed by atoms with van der Waals surface area (Å²) in [7, 11) is 0. The van der Waals surface area contributed by atoms with Gasteiger partial charge in [0.2, 0.25) is 0 Å². The van der Waals surface area contributed by atoms with E-state index < -0.39 is 0 Å². The molecule has 0 aromatic heterocycles. The quantitative estimate of drug-likeness (QED) is 0.727. The van der Waals surface area contributed by atoms with Gasteiger partial charge in [-0.3, -0.25) is 9.80 Å². The molecule has 1 aliphatic carbocycles. The number of nitrogens with zero attached hydrogens (tertiary/aromatic N) is 2. The minimum atomic E-state index is 0.536. The second-order valence-electron chi connectivity index (χ2n) is 9.31. The molecule has 3 fully saturated rings. The van der Waals surface area contributed by atoms with Crippen LogP contribution in [0, 0.1) is 23.2 Å². The Kier molecular flexibility index (Phi) is 5.89. The van der Waals surface area contributed by atoms with Crippen molar-refractivity contribution in [2.24, 2.45) is 23.2 Å². The van der Waals surface area contributed by atoms with E-state index in [0.29, 0.717) is 11.0 Å². The van der Waals surface area contributed by atoms with Gasteiger partial charge in [0.25, 0.3) is 0 Å². The van der Waals surface area contributed by atoms with Gasteiger partial charge >= 0.3 is 0 Å². The van der Waals surface area contributed by atoms with Crippen molar-refractivity contribution < 1.29 is 0 Å². The van der Waals surface area contributed by atoms with Crippen molar-refractivity contribution in [3.63, 3.8) is 0 Å². The Morgan fingerprint density at radius 3 is 2.13 bits per heavy atom. The van der Waals surface area contributed by atoms with Gasteiger partial charge in [0.1, 0.15) is 0 Å². The Hall–Kier alpha value is -0.0800. The van der Waals surface area contributed by atoms with Gasteiger partial charge in [-0.05, 0) is 69.0 Å². The van der Waals surface area contributed by atoms with Gasteiger partial charge < -0.3 is 0 Å². The van der Waals surface area contributed by atoms with Crippen molar-refractivity contribution in [2.45, 2.75) is 86.2 Å². The lowest BCUT2D eigenvalue weighted by Crippen LogP contribution is -2.40. The van der Waals surface area contributed by atoms with E-state index in [2.05, 4.69) is 65.2 Å². The van der Waals surface area contributed by atoms with E-state index in [1.54, 1.807) is 0 Å². The number of piperidine rings is 1. The van der Waals surface area contributed by atoms with E-state index in [0.717, 1.165) is 23.8 Å². The molecule has 0 aromatic carbocycles. The fraction of sp³-hybridized carbons (Fsp3) is 1.00. The van der Waals surface area contributed by atoms with Crippen LogP contribution in [0.1, 0.15) is 74.7 Å². The van der Waals surface area contributed by atoms with E-state index in [1.807, 2.05) is 0 Å². The third-order valence-electron chi connectivity index (χ3n) is 7.50. The monoisotopic (exact) mass is 322 g/mol. The molecule has 1 saturated carbocycles. The standard InChI is InChI=1S/C12H23N.C9H19N/c1-6-13-7-9-10(12(9,4)5)11(13)8(2)3;1-4-9(3)7-6-8-10(9)5-2/h8-11H,6-7H2,1-5H3;4-8H2,1-3H3. The Morgan fingerprint density at radius 2 is 1.70 bits per heavy atom. The highest BCUT2D eigenvalue weighted by atomic mass is 15.2. The van der Waals surface area contributed by atoms with Gasteiger partial charge in [-0.25, -0.2) is 0 Å². The average molecular weight is 323 g/mol. The molecule has 2 heterocycles. The van der Waals surface area contributed by atoms with Crippen LogP contribution in [-0.4, -0.2) is 47.6 Å². The third-order valence-corrected chi connectivity index (χ3v) is 7.50. The topological polar surface area (TPSA) is 6.48 Å². The molecule has 0 N–H and O–H groups in total. The summed E-state index contributed by atoms with van der Waals surface area (Å²) in [6.07, 6.45) is 4.11. The van der Waals surface area contributed by atoms with Crippen molar-refractivity contribution in [3.05, 3.63) is 0 Å². The molecule has 3 aliphatic rings. The highest BCUT2D eigenvalue weighted by Crippen LogP contribution is 2.65. The molecule has 2 nitrogen and oxygen atoms in total. The predicted octanol–water partition coefficient (Wildman–Crippen LogP) is 4.89. The van der Waals surface area contributed by atoms with E-state index in [4.69, 9.17) is 0 Å². The molecule has 0 bridgehead atoms. The molecular weight excluding hydrogens is 280 g/mol. The number of hydrogen-bond donors (Lipinski definition) is 0. The fourth-order valence-electron chi connectivity index (χ4n) is 5.61. The van der Waals surface area contributed by atoms with E-state index in [-0.39, 0.29) is 0 Å². The largest absolute Gasteiger partial charge is 0.300 e. The second kappa shape index (κ2) is 7.04. The smallest absolute Gasteiger partial charge is 0.0179 e. The van der Waals surface area contributed by atoms with Crippen molar-refractivity contribution >= 4 is 0 Å². The molecule has 2 aliphatic heterocycles.